The van der Waals surface area contributed by atoms with Crippen molar-refractivity contribution >= 4 is 23.3 Å². The Morgan fingerprint density at radius 1 is 1.05 bits per heavy atom. The molecule has 2 rings (SSSR count). The van der Waals surface area contributed by atoms with Gasteiger partial charge in [-0.15, -0.1) is 0 Å². The van der Waals surface area contributed by atoms with E-state index in [1.54, 1.807) is 0 Å². The largest absolute Gasteiger partial charge is 0.480 e. The summed E-state index contributed by atoms with van der Waals surface area (Å²) in [5.74, 6) is -0.964. The molecule has 1 N–H and O–H groups in total. The third-order valence-electron chi connectivity index (χ3n) is 2.98. The maximum Gasteiger partial charge on any atom is 0.317 e. The van der Waals surface area contributed by atoms with Crippen LogP contribution in [-0.4, -0.2) is 21.9 Å². The van der Waals surface area contributed by atoms with Crippen molar-refractivity contribution in [1.29, 1.82) is 0 Å². The van der Waals surface area contributed by atoms with Gasteiger partial charge in [-0.25, -0.2) is 0 Å². The molecular formula is C16H14O3S. The number of thioether (sulfide) groups is 1. The molecule has 2 aromatic carbocycles. The molecule has 20 heavy (non-hydrogen) atoms. The van der Waals surface area contributed by atoms with E-state index in [1.807, 2.05) is 54.6 Å². The van der Waals surface area contributed by atoms with Gasteiger partial charge >= 0.3 is 5.97 Å². The molecule has 0 fully saturated rings. The highest BCUT2D eigenvalue weighted by Gasteiger charge is 2.18. The highest BCUT2D eigenvalue weighted by molar-refractivity contribution is 8.12. The highest BCUT2D eigenvalue weighted by Crippen LogP contribution is 2.21. The average molecular weight is 286 g/mol. The minimum atomic E-state index is -0.964. The van der Waals surface area contributed by atoms with Crippen LogP contribution in [0.4, 0.5) is 0 Å². The molecule has 0 amide bonds. The molecule has 1 atom stereocenters. The molecule has 0 heterocycles. The number of carbonyl (C=O) groups excluding carboxylic acids is 1. The van der Waals surface area contributed by atoms with E-state index in [0.717, 1.165) is 28.5 Å². The minimum Gasteiger partial charge on any atom is -0.480 e. The van der Waals surface area contributed by atoms with Crippen LogP contribution in [0.25, 0.3) is 11.1 Å². The Morgan fingerprint density at radius 3 is 2.20 bits per heavy atom. The fourth-order valence-electron chi connectivity index (χ4n) is 1.94. The average Bonchev–Trinajstić information content (AvgIpc) is 2.48. The topological polar surface area (TPSA) is 54.4 Å². The fraction of sp³-hybridized carbons (Fsp3) is 0.125. The summed E-state index contributed by atoms with van der Waals surface area (Å²) in [4.78, 5) is 21.5. The van der Waals surface area contributed by atoms with Gasteiger partial charge in [-0.05, 0) is 23.1 Å². The van der Waals surface area contributed by atoms with Crippen molar-refractivity contribution in [3.05, 3.63) is 60.2 Å². The molecular weight excluding hydrogens is 272 g/mol. The Kier molecular flexibility index (Phi) is 4.96. The van der Waals surface area contributed by atoms with E-state index in [2.05, 4.69) is 0 Å². The van der Waals surface area contributed by atoms with Gasteiger partial charge in [0.15, 0.2) is 5.62 Å². The van der Waals surface area contributed by atoms with E-state index in [0.29, 0.717) is 12.0 Å². The van der Waals surface area contributed by atoms with Gasteiger partial charge < -0.3 is 5.11 Å². The summed E-state index contributed by atoms with van der Waals surface area (Å²) in [6, 6.07) is 17.7. The summed E-state index contributed by atoms with van der Waals surface area (Å²) < 4.78 is 0. The van der Waals surface area contributed by atoms with Crippen LogP contribution in [-0.2, 0) is 16.0 Å². The van der Waals surface area contributed by atoms with Crippen LogP contribution in [0.15, 0.2) is 54.6 Å². The molecule has 0 radical (unpaired) electrons. The lowest BCUT2D eigenvalue weighted by Gasteiger charge is -2.09. The third kappa shape index (κ3) is 3.71. The monoisotopic (exact) mass is 286 g/mol. The molecule has 0 aliphatic carbocycles. The first-order chi connectivity index (χ1) is 9.70. The molecule has 0 aliphatic heterocycles. The summed E-state index contributed by atoms with van der Waals surface area (Å²) in [5, 5.41) is 8.29. The van der Waals surface area contributed by atoms with Crippen molar-refractivity contribution in [2.45, 2.75) is 11.7 Å². The predicted octanol–water partition coefficient (Wildman–Crippen LogP) is 3.27. The number of hydrogen-bond donors (Lipinski definition) is 1. The molecule has 4 heteroatoms. The van der Waals surface area contributed by atoms with Crippen molar-refractivity contribution in [3.8, 4) is 11.1 Å². The maximum absolute atomic E-state index is 11.0. The number of hydrogen-bond acceptors (Lipinski definition) is 3. The van der Waals surface area contributed by atoms with E-state index in [1.165, 1.54) is 0 Å². The van der Waals surface area contributed by atoms with Crippen LogP contribution in [0.5, 0.6) is 0 Å². The first-order valence-corrected chi connectivity index (χ1v) is 7.11. The third-order valence-corrected chi connectivity index (χ3v) is 3.79. The number of carboxylic acid groups (broad SMARTS) is 1. The summed E-state index contributed by atoms with van der Waals surface area (Å²) in [6.45, 7) is 0. The van der Waals surface area contributed by atoms with Crippen LogP contribution in [0, 0.1) is 0 Å². The molecule has 3 nitrogen and oxygen atoms in total. The summed E-state index contributed by atoms with van der Waals surface area (Å²) in [5.41, 5.74) is 3.70. The summed E-state index contributed by atoms with van der Waals surface area (Å²) in [6.07, 6.45) is 0.341. The van der Waals surface area contributed by atoms with Gasteiger partial charge in [0.05, 0.1) is 0 Å². The first-order valence-electron chi connectivity index (χ1n) is 6.17. The van der Waals surface area contributed by atoms with E-state index < -0.39 is 11.2 Å². The van der Waals surface area contributed by atoms with Crippen molar-refractivity contribution in [1.82, 2.24) is 0 Å². The Hall–Kier alpha value is -2.07. The predicted molar refractivity (Wildman–Crippen MR) is 81.3 cm³/mol. The van der Waals surface area contributed by atoms with E-state index in [-0.39, 0.29) is 0 Å². The molecule has 0 aromatic heterocycles. The van der Waals surface area contributed by atoms with Crippen LogP contribution in [0.2, 0.25) is 0 Å². The molecule has 2 aromatic rings. The van der Waals surface area contributed by atoms with E-state index in [4.69, 9.17) is 5.11 Å². The number of carboxylic acids is 1. The second kappa shape index (κ2) is 6.91. The van der Waals surface area contributed by atoms with Gasteiger partial charge in [0.2, 0.25) is 0 Å². The molecule has 0 spiro atoms. The smallest absolute Gasteiger partial charge is 0.317 e. The summed E-state index contributed by atoms with van der Waals surface area (Å²) in [7, 11) is 0. The van der Waals surface area contributed by atoms with E-state index in [9.17, 15) is 9.59 Å². The van der Waals surface area contributed by atoms with Gasteiger partial charge in [0, 0.05) is 0 Å². The van der Waals surface area contributed by atoms with Crippen molar-refractivity contribution in [2.75, 3.05) is 0 Å². The lowest BCUT2D eigenvalue weighted by atomic mass is 10.0. The quantitative estimate of drug-likeness (QED) is 0.828. The van der Waals surface area contributed by atoms with Gasteiger partial charge in [-0.3, -0.25) is 9.59 Å². The molecule has 0 aliphatic rings. The van der Waals surface area contributed by atoms with Crippen LogP contribution < -0.4 is 0 Å². The zero-order chi connectivity index (χ0) is 14.4. The van der Waals surface area contributed by atoms with Gasteiger partial charge in [-0.1, -0.05) is 66.4 Å². The first kappa shape index (κ1) is 14.3. The normalized spacial score (nSPS) is 11.8. The van der Waals surface area contributed by atoms with Crippen molar-refractivity contribution in [2.24, 2.45) is 0 Å². The number of benzene rings is 2. The van der Waals surface area contributed by atoms with Crippen molar-refractivity contribution in [3.63, 3.8) is 0 Å². The Morgan fingerprint density at radius 2 is 1.65 bits per heavy atom. The Balaban J connectivity index is 2.12. The Bertz CT molecular complexity index is 578. The van der Waals surface area contributed by atoms with Gasteiger partial charge in [-0.2, -0.15) is 0 Å². The number of aliphatic carboxylic acids is 1. The second-order valence-electron chi connectivity index (χ2n) is 4.33. The number of carbonyl (C=O) groups is 2. The van der Waals surface area contributed by atoms with Crippen LogP contribution in [0.1, 0.15) is 5.56 Å². The summed E-state index contributed by atoms with van der Waals surface area (Å²) >= 11 is 0.800. The van der Waals surface area contributed by atoms with E-state index >= 15 is 0 Å². The molecule has 0 unspecified atom stereocenters. The lowest BCUT2D eigenvalue weighted by molar-refractivity contribution is -0.136. The van der Waals surface area contributed by atoms with Gasteiger partial charge in [0.25, 0.3) is 0 Å². The lowest BCUT2D eigenvalue weighted by Crippen LogP contribution is -2.19. The van der Waals surface area contributed by atoms with Crippen molar-refractivity contribution < 1.29 is 14.7 Å². The number of rotatable bonds is 6. The highest BCUT2D eigenvalue weighted by atomic mass is 32.2. The van der Waals surface area contributed by atoms with Crippen LogP contribution >= 0.6 is 11.8 Å². The zero-order valence-corrected chi connectivity index (χ0v) is 11.5. The maximum atomic E-state index is 11.0. The Labute approximate surface area is 121 Å². The van der Waals surface area contributed by atoms with Gasteiger partial charge in [0.1, 0.15) is 5.25 Å². The zero-order valence-electron chi connectivity index (χ0n) is 10.7. The fourth-order valence-corrected chi connectivity index (χ4v) is 2.48. The minimum absolute atomic E-state index is 0.341. The molecule has 102 valence electrons. The second-order valence-corrected chi connectivity index (χ2v) is 5.36. The standard InChI is InChI=1S/C16H14O3S/c17-11-20-15(16(18)19)10-12-6-8-14(9-7-12)13-4-2-1-3-5-13/h1-9,11,15H,10H2,(H,18,19)/t15-/m1/s1. The molecule has 0 saturated heterocycles. The SMILES string of the molecule is O=CS[C@H](Cc1ccc(-c2ccccc2)cc1)C(=O)O. The molecule has 0 bridgehead atoms. The molecule has 0 saturated carbocycles. The van der Waals surface area contributed by atoms with Crippen LogP contribution in [0.3, 0.4) is 0 Å².